The van der Waals surface area contributed by atoms with Gasteiger partial charge < -0.3 is 15.1 Å². The highest BCUT2D eigenvalue weighted by atomic mass is 32.1. The first-order valence-electron chi connectivity index (χ1n) is 9.81. The lowest BCUT2D eigenvalue weighted by Gasteiger charge is -2.14. The summed E-state index contributed by atoms with van der Waals surface area (Å²) in [4.78, 5) is 21.6. The lowest BCUT2D eigenvalue weighted by Crippen LogP contribution is -2.08. The van der Waals surface area contributed by atoms with Gasteiger partial charge >= 0.3 is 14.0 Å². The van der Waals surface area contributed by atoms with E-state index in [4.69, 9.17) is 9.79 Å². The van der Waals surface area contributed by atoms with Crippen molar-refractivity contribution in [1.29, 1.82) is 0 Å². The van der Waals surface area contributed by atoms with Crippen molar-refractivity contribution in [2.24, 2.45) is 0 Å². The number of phosphoric ester groups is 1. The SMILES string of the molecule is Cc1cc(-c2nnc(NCCCOP(=O)(O)O)s2)nc2c(C(F)(F)F)cc(C3CC3)cc12. The van der Waals surface area contributed by atoms with E-state index in [-0.39, 0.29) is 18.0 Å². The molecule has 8 nitrogen and oxygen atoms in total. The molecule has 172 valence electrons. The standard InChI is InChI=1S/C19H20F3N4O4PS/c1-10-7-15(17-25-26-18(32-17)23-5-2-6-30-31(27,28)29)24-16-13(10)8-12(11-3-4-11)9-14(16)19(20,21)22/h7-9,11H,2-6H2,1H3,(H,23,26)(H2,27,28,29). The molecule has 0 saturated heterocycles. The molecule has 2 aromatic heterocycles. The normalized spacial score (nSPS) is 14.8. The summed E-state index contributed by atoms with van der Waals surface area (Å²) < 4.78 is 56.4. The number of hydrogen-bond acceptors (Lipinski definition) is 7. The van der Waals surface area contributed by atoms with Crippen molar-refractivity contribution in [3.05, 3.63) is 34.9 Å². The molecule has 1 aliphatic carbocycles. The molecule has 2 heterocycles. The Balaban J connectivity index is 1.57. The summed E-state index contributed by atoms with van der Waals surface area (Å²) in [6, 6.07) is 4.72. The number of rotatable bonds is 8. The topological polar surface area (TPSA) is 117 Å². The van der Waals surface area contributed by atoms with Gasteiger partial charge in [0.05, 0.1) is 17.7 Å². The highest BCUT2D eigenvalue weighted by molar-refractivity contribution is 7.46. The predicted octanol–water partition coefficient (Wildman–Crippen LogP) is 4.87. The second-order valence-electron chi connectivity index (χ2n) is 7.58. The van der Waals surface area contributed by atoms with Gasteiger partial charge in [0.15, 0.2) is 5.01 Å². The molecule has 3 aromatic rings. The molecule has 13 heteroatoms. The quantitative estimate of drug-likeness (QED) is 0.304. The van der Waals surface area contributed by atoms with Crippen LogP contribution in [-0.4, -0.2) is 38.1 Å². The summed E-state index contributed by atoms with van der Waals surface area (Å²) in [5.74, 6) is 0.184. The molecule has 3 N–H and O–H groups in total. The largest absolute Gasteiger partial charge is 0.469 e. The van der Waals surface area contributed by atoms with Gasteiger partial charge in [-0.15, -0.1) is 10.2 Å². The van der Waals surface area contributed by atoms with Crippen molar-refractivity contribution in [3.63, 3.8) is 0 Å². The number of alkyl halides is 3. The average Bonchev–Trinajstić information content (AvgIpc) is 3.43. The fraction of sp³-hybridized carbons (Fsp3) is 0.421. The van der Waals surface area contributed by atoms with E-state index >= 15 is 0 Å². The summed E-state index contributed by atoms with van der Waals surface area (Å²) in [7, 11) is -4.50. The maximum Gasteiger partial charge on any atom is 0.469 e. The van der Waals surface area contributed by atoms with Gasteiger partial charge in [0.25, 0.3) is 0 Å². The van der Waals surface area contributed by atoms with Crippen LogP contribution in [-0.2, 0) is 15.3 Å². The summed E-state index contributed by atoms with van der Waals surface area (Å²) in [5.41, 5.74) is 0.839. The molecule has 1 aromatic carbocycles. The maximum absolute atomic E-state index is 13.8. The molecule has 4 rings (SSSR count). The maximum atomic E-state index is 13.8. The lowest BCUT2D eigenvalue weighted by molar-refractivity contribution is -0.136. The zero-order chi connectivity index (χ0) is 23.1. The van der Waals surface area contributed by atoms with E-state index in [1.54, 1.807) is 19.1 Å². The first-order valence-corrected chi connectivity index (χ1v) is 12.2. The van der Waals surface area contributed by atoms with Crippen LogP contribution in [0.25, 0.3) is 21.6 Å². The second kappa shape index (κ2) is 8.68. The Morgan fingerprint density at radius 1 is 1.25 bits per heavy atom. The predicted molar refractivity (Wildman–Crippen MR) is 113 cm³/mol. The number of nitrogens with one attached hydrogen (secondary N) is 1. The van der Waals surface area contributed by atoms with E-state index in [0.717, 1.165) is 24.2 Å². The fourth-order valence-electron chi connectivity index (χ4n) is 3.34. The van der Waals surface area contributed by atoms with E-state index in [0.29, 0.717) is 45.3 Å². The Labute approximate surface area is 185 Å². The van der Waals surface area contributed by atoms with E-state index in [1.807, 2.05) is 0 Å². The van der Waals surface area contributed by atoms with Crippen LogP contribution in [0.2, 0.25) is 0 Å². The average molecular weight is 488 g/mol. The van der Waals surface area contributed by atoms with Crippen molar-refractivity contribution in [1.82, 2.24) is 15.2 Å². The third-order valence-electron chi connectivity index (χ3n) is 5.00. The van der Waals surface area contributed by atoms with Gasteiger partial charge in [-0.25, -0.2) is 9.55 Å². The molecular weight excluding hydrogens is 468 g/mol. The highest BCUT2D eigenvalue weighted by Gasteiger charge is 2.36. The smallest absolute Gasteiger partial charge is 0.360 e. The number of benzene rings is 1. The lowest BCUT2D eigenvalue weighted by atomic mass is 9.98. The molecule has 0 atom stereocenters. The Morgan fingerprint density at radius 3 is 2.66 bits per heavy atom. The van der Waals surface area contributed by atoms with Gasteiger partial charge in [0.1, 0.15) is 5.69 Å². The number of phosphoric acid groups is 1. The van der Waals surface area contributed by atoms with Crippen LogP contribution >= 0.6 is 19.2 Å². The first kappa shape index (κ1) is 23.1. The van der Waals surface area contributed by atoms with E-state index < -0.39 is 19.6 Å². The van der Waals surface area contributed by atoms with Gasteiger partial charge in [-0.3, -0.25) is 4.52 Å². The van der Waals surface area contributed by atoms with Crippen molar-refractivity contribution >= 4 is 35.2 Å². The van der Waals surface area contributed by atoms with Crippen LogP contribution in [0.1, 0.15) is 41.9 Å². The van der Waals surface area contributed by atoms with Crippen molar-refractivity contribution in [2.75, 3.05) is 18.5 Å². The van der Waals surface area contributed by atoms with Gasteiger partial charge in [-0.1, -0.05) is 11.3 Å². The van der Waals surface area contributed by atoms with Crippen LogP contribution in [0.4, 0.5) is 18.3 Å². The van der Waals surface area contributed by atoms with Crippen molar-refractivity contribution in [3.8, 4) is 10.7 Å². The van der Waals surface area contributed by atoms with Crippen LogP contribution in [0.15, 0.2) is 18.2 Å². The zero-order valence-electron chi connectivity index (χ0n) is 16.9. The number of aromatic nitrogens is 3. The van der Waals surface area contributed by atoms with Gasteiger partial charge in [0.2, 0.25) is 5.13 Å². The molecule has 0 aliphatic heterocycles. The number of fused-ring (bicyclic) bond motifs is 1. The van der Waals surface area contributed by atoms with E-state index in [1.165, 1.54) is 6.07 Å². The third kappa shape index (κ3) is 5.44. The molecule has 0 bridgehead atoms. The van der Waals surface area contributed by atoms with Gasteiger partial charge in [-0.2, -0.15) is 13.2 Å². The fourth-order valence-corrected chi connectivity index (χ4v) is 4.44. The number of anilines is 1. The summed E-state index contributed by atoms with van der Waals surface area (Å²) in [6.45, 7) is 1.93. The van der Waals surface area contributed by atoms with Crippen molar-refractivity contribution in [2.45, 2.75) is 38.3 Å². The molecule has 1 aliphatic rings. The molecule has 32 heavy (non-hydrogen) atoms. The number of pyridine rings is 1. The monoisotopic (exact) mass is 488 g/mol. The van der Waals surface area contributed by atoms with E-state index in [2.05, 4.69) is 25.0 Å². The molecule has 1 saturated carbocycles. The zero-order valence-corrected chi connectivity index (χ0v) is 18.6. The molecule has 0 unspecified atom stereocenters. The van der Waals surface area contributed by atoms with Crippen LogP contribution in [0, 0.1) is 6.92 Å². The summed E-state index contributed by atoms with van der Waals surface area (Å²) >= 11 is 1.13. The van der Waals surface area contributed by atoms with Crippen LogP contribution in [0.3, 0.4) is 0 Å². The number of aryl methyl sites for hydroxylation is 1. The number of nitrogens with zero attached hydrogens (tertiary/aromatic N) is 3. The van der Waals surface area contributed by atoms with Crippen LogP contribution < -0.4 is 5.32 Å². The minimum atomic E-state index is -4.52. The van der Waals surface area contributed by atoms with E-state index in [9.17, 15) is 17.7 Å². The Kier molecular flexibility index (Phi) is 6.25. The summed E-state index contributed by atoms with van der Waals surface area (Å²) in [5, 5.41) is 12.2. The first-order chi connectivity index (χ1) is 15.0. The molecule has 0 radical (unpaired) electrons. The summed E-state index contributed by atoms with van der Waals surface area (Å²) in [6.07, 6.45) is -2.41. The van der Waals surface area contributed by atoms with Crippen molar-refractivity contribution < 1.29 is 32.0 Å². The second-order valence-corrected chi connectivity index (χ2v) is 9.79. The highest BCUT2D eigenvalue weighted by Crippen LogP contribution is 2.45. The molecule has 1 fully saturated rings. The molecule has 0 spiro atoms. The number of hydrogen-bond donors (Lipinski definition) is 3. The molecular formula is C19H20F3N4O4PS. The minimum absolute atomic E-state index is 0.101. The Bertz CT molecular complexity index is 1190. The molecule has 0 amide bonds. The van der Waals surface area contributed by atoms with Gasteiger partial charge in [0, 0.05) is 11.9 Å². The Morgan fingerprint density at radius 2 is 2.00 bits per heavy atom. The third-order valence-corrected chi connectivity index (χ3v) is 6.42. The van der Waals surface area contributed by atoms with Gasteiger partial charge in [-0.05, 0) is 61.4 Å². The van der Waals surface area contributed by atoms with Crippen LogP contribution in [0.5, 0.6) is 0 Å². The number of halogens is 3. The Hall–Kier alpha value is -2.11. The minimum Gasteiger partial charge on any atom is -0.360 e.